The lowest BCUT2D eigenvalue weighted by molar-refractivity contribution is -0.131. The van der Waals surface area contributed by atoms with Gasteiger partial charge in [-0.2, -0.15) is 0 Å². The molecule has 0 spiro atoms. The maximum Gasteiger partial charge on any atom is 0.152 e. The molecule has 0 radical (unpaired) electrons. The van der Waals surface area contributed by atoms with Gasteiger partial charge in [0.25, 0.3) is 0 Å². The van der Waals surface area contributed by atoms with Crippen molar-refractivity contribution in [3.8, 4) is 0 Å². The van der Waals surface area contributed by atoms with Crippen LogP contribution in [0, 0.1) is 11.8 Å². The van der Waals surface area contributed by atoms with Crippen LogP contribution in [0.1, 0.15) is 78.1 Å². The lowest BCUT2D eigenvalue weighted by atomic mass is 9.88. The molecular formula is C32H54N2O4. The average molecular weight is 531 g/mol. The Hall–Kier alpha value is -1.86. The Balaban J connectivity index is 0.000000380. The fourth-order valence-corrected chi connectivity index (χ4v) is 5.32. The number of hydrogen-bond donors (Lipinski definition) is 2. The summed E-state index contributed by atoms with van der Waals surface area (Å²) in [7, 11) is 3.90. The van der Waals surface area contributed by atoms with E-state index in [1.165, 1.54) is 0 Å². The first-order chi connectivity index (χ1) is 18.1. The van der Waals surface area contributed by atoms with Gasteiger partial charge < -0.3 is 10.2 Å². The van der Waals surface area contributed by atoms with E-state index >= 15 is 0 Å². The number of hydrogen-bond acceptors (Lipinski definition) is 6. The molecule has 0 aromatic rings. The van der Waals surface area contributed by atoms with Crippen molar-refractivity contribution < 1.29 is 19.8 Å². The molecule has 38 heavy (non-hydrogen) atoms. The van der Waals surface area contributed by atoms with Crippen LogP contribution in [0.2, 0.25) is 0 Å². The minimum Gasteiger partial charge on any atom is -0.391 e. The summed E-state index contributed by atoms with van der Waals surface area (Å²) in [5.41, 5.74) is 0. The molecule has 2 heterocycles. The fraction of sp³-hybridized carbons (Fsp3) is 0.688. The molecule has 2 N–H and O–H groups in total. The summed E-state index contributed by atoms with van der Waals surface area (Å²) >= 11 is 0. The second kappa shape index (κ2) is 19.2. The summed E-state index contributed by atoms with van der Waals surface area (Å²) in [6.45, 7) is 13.0. The lowest BCUT2D eigenvalue weighted by Crippen LogP contribution is -2.50. The molecule has 216 valence electrons. The van der Waals surface area contributed by atoms with Gasteiger partial charge in [0.1, 0.15) is 0 Å². The van der Waals surface area contributed by atoms with Crippen LogP contribution in [0.4, 0.5) is 0 Å². The van der Waals surface area contributed by atoms with Gasteiger partial charge in [0.15, 0.2) is 11.6 Å². The zero-order valence-electron chi connectivity index (χ0n) is 24.4. The summed E-state index contributed by atoms with van der Waals surface area (Å²) in [6, 6.07) is -0.681. The minimum absolute atomic E-state index is 0.0760. The van der Waals surface area contributed by atoms with Crippen LogP contribution >= 0.6 is 0 Å². The first kappa shape index (κ1) is 34.2. The Labute approximate surface area is 232 Å². The predicted octanol–water partition coefficient (Wildman–Crippen LogP) is 5.12. The SMILES string of the molecule is C=C/C=C/CC(C)C(O)C1C(=O)CCCCCN1C.C=C/C=C\CC(C)C(O)C1C(=O)CCCCCN1C. The zero-order chi connectivity index (χ0) is 28.5. The number of ketones is 2. The van der Waals surface area contributed by atoms with Gasteiger partial charge >= 0.3 is 0 Å². The molecule has 0 saturated carbocycles. The van der Waals surface area contributed by atoms with Crippen LogP contribution in [-0.4, -0.2) is 83.1 Å². The van der Waals surface area contributed by atoms with E-state index < -0.39 is 12.2 Å². The Morgan fingerprint density at radius 2 is 1.11 bits per heavy atom. The van der Waals surface area contributed by atoms with Crippen molar-refractivity contribution in [3.63, 3.8) is 0 Å². The number of likely N-dealkylation sites (N-methyl/N-ethyl adjacent to an activating group) is 2. The van der Waals surface area contributed by atoms with Crippen molar-refractivity contribution in [1.29, 1.82) is 0 Å². The predicted molar refractivity (Wildman–Crippen MR) is 158 cm³/mol. The molecule has 0 aliphatic carbocycles. The topological polar surface area (TPSA) is 81.1 Å². The second-order valence-electron chi connectivity index (χ2n) is 11.1. The molecule has 2 aliphatic heterocycles. The molecule has 0 aromatic heterocycles. The maximum absolute atomic E-state index is 12.2. The summed E-state index contributed by atoms with van der Waals surface area (Å²) in [6.07, 6.45) is 19.1. The van der Waals surface area contributed by atoms with Gasteiger partial charge in [0.2, 0.25) is 0 Å². The molecule has 0 amide bonds. The van der Waals surface area contributed by atoms with Gasteiger partial charge in [0.05, 0.1) is 24.3 Å². The van der Waals surface area contributed by atoms with Gasteiger partial charge in [-0.25, -0.2) is 0 Å². The van der Waals surface area contributed by atoms with Crippen molar-refractivity contribution in [3.05, 3.63) is 49.6 Å². The Morgan fingerprint density at radius 3 is 1.45 bits per heavy atom. The highest BCUT2D eigenvalue weighted by Gasteiger charge is 2.34. The first-order valence-corrected chi connectivity index (χ1v) is 14.5. The molecular weight excluding hydrogens is 476 g/mol. The van der Waals surface area contributed by atoms with E-state index in [-0.39, 0.29) is 35.5 Å². The highest BCUT2D eigenvalue weighted by atomic mass is 16.3. The maximum atomic E-state index is 12.2. The monoisotopic (exact) mass is 530 g/mol. The van der Waals surface area contributed by atoms with Crippen LogP contribution in [0.3, 0.4) is 0 Å². The number of aliphatic hydroxyl groups excluding tert-OH is 2. The van der Waals surface area contributed by atoms with Crippen molar-refractivity contribution in [1.82, 2.24) is 9.80 Å². The number of likely N-dealkylation sites (tertiary alicyclic amines) is 2. The van der Waals surface area contributed by atoms with E-state index in [1.807, 2.05) is 62.0 Å². The minimum atomic E-state index is -0.593. The molecule has 6 heteroatoms. The number of allylic oxidation sites excluding steroid dienone is 6. The number of Topliss-reactive ketones (excluding diaryl/α,β-unsaturated/α-hetero) is 2. The zero-order valence-corrected chi connectivity index (χ0v) is 24.4. The summed E-state index contributed by atoms with van der Waals surface area (Å²) in [5, 5.41) is 21.0. The fourth-order valence-electron chi connectivity index (χ4n) is 5.32. The number of rotatable bonds is 10. The molecule has 2 rings (SSSR count). The summed E-state index contributed by atoms with van der Waals surface area (Å²) in [5.74, 6) is 0.530. The molecule has 2 saturated heterocycles. The molecule has 2 fully saturated rings. The van der Waals surface area contributed by atoms with Crippen LogP contribution in [0.5, 0.6) is 0 Å². The van der Waals surface area contributed by atoms with E-state index in [2.05, 4.69) is 13.2 Å². The third-order valence-corrected chi connectivity index (χ3v) is 7.85. The summed E-state index contributed by atoms with van der Waals surface area (Å²) < 4.78 is 0. The third kappa shape index (κ3) is 11.9. The van der Waals surface area contributed by atoms with Gasteiger partial charge in [0, 0.05) is 12.8 Å². The molecule has 0 bridgehead atoms. The standard InChI is InChI=1S/2C16H27NO2/c2*1-4-5-7-10-13(2)16(19)15-14(18)11-8-6-9-12-17(15)3/h2*4-5,7,13,15-16,19H,1,6,8-12H2,2-3H3/b7-5+;7-5-. The van der Waals surface area contributed by atoms with Crippen molar-refractivity contribution >= 4 is 11.6 Å². The first-order valence-electron chi connectivity index (χ1n) is 14.5. The Morgan fingerprint density at radius 1 is 0.737 bits per heavy atom. The van der Waals surface area contributed by atoms with E-state index in [0.717, 1.165) is 64.5 Å². The van der Waals surface area contributed by atoms with Gasteiger partial charge in [-0.3, -0.25) is 19.4 Å². The quantitative estimate of drug-likeness (QED) is 0.382. The molecule has 6 nitrogen and oxygen atoms in total. The molecule has 2 aliphatic rings. The molecule has 0 aromatic carbocycles. The van der Waals surface area contributed by atoms with Crippen molar-refractivity contribution in [2.24, 2.45) is 11.8 Å². The average Bonchev–Trinajstić information content (AvgIpc) is 2.87. The number of aliphatic hydroxyl groups is 2. The second-order valence-corrected chi connectivity index (χ2v) is 11.1. The van der Waals surface area contributed by atoms with E-state index in [9.17, 15) is 19.8 Å². The van der Waals surface area contributed by atoms with Gasteiger partial charge in [-0.1, -0.05) is 76.3 Å². The van der Waals surface area contributed by atoms with E-state index in [0.29, 0.717) is 12.8 Å². The van der Waals surface area contributed by atoms with Crippen molar-refractivity contribution in [2.45, 2.75) is 102 Å². The van der Waals surface area contributed by atoms with Crippen LogP contribution in [-0.2, 0) is 9.59 Å². The largest absolute Gasteiger partial charge is 0.391 e. The normalized spacial score (nSPS) is 25.8. The highest BCUT2D eigenvalue weighted by molar-refractivity contribution is 5.85. The molecule has 6 atom stereocenters. The van der Waals surface area contributed by atoms with E-state index in [4.69, 9.17) is 0 Å². The van der Waals surface area contributed by atoms with E-state index in [1.54, 1.807) is 12.2 Å². The number of carbonyl (C=O) groups excluding carboxylic acids is 2. The summed E-state index contributed by atoms with van der Waals surface area (Å²) in [4.78, 5) is 28.5. The number of nitrogens with zero attached hydrogens (tertiary/aromatic N) is 2. The smallest absolute Gasteiger partial charge is 0.152 e. The Bertz CT molecular complexity index is 713. The molecule has 6 unspecified atom stereocenters. The van der Waals surface area contributed by atoms with Crippen LogP contribution in [0.25, 0.3) is 0 Å². The lowest BCUT2D eigenvalue weighted by Gasteiger charge is -2.34. The highest BCUT2D eigenvalue weighted by Crippen LogP contribution is 2.22. The van der Waals surface area contributed by atoms with Crippen LogP contribution in [0.15, 0.2) is 49.6 Å². The number of carbonyl (C=O) groups is 2. The van der Waals surface area contributed by atoms with Gasteiger partial charge in [-0.05, 0) is 77.5 Å². The van der Waals surface area contributed by atoms with Crippen LogP contribution < -0.4 is 0 Å². The van der Waals surface area contributed by atoms with Gasteiger partial charge in [-0.15, -0.1) is 0 Å². The Kier molecular flexibility index (Phi) is 17.3. The van der Waals surface area contributed by atoms with Crippen molar-refractivity contribution in [2.75, 3.05) is 27.2 Å². The third-order valence-electron chi connectivity index (χ3n) is 7.85.